The van der Waals surface area contributed by atoms with Gasteiger partial charge in [-0.25, -0.2) is 4.39 Å². The molecular formula is C12H16BrFN2O. The molecule has 2 rings (SSSR count). The normalized spacial score (nSPS) is 24.6. The molecule has 5 heteroatoms. The second kappa shape index (κ2) is 5.23. The van der Waals surface area contributed by atoms with Gasteiger partial charge in [0.25, 0.3) is 0 Å². The predicted molar refractivity (Wildman–Crippen MR) is 70.4 cm³/mol. The van der Waals surface area contributed by atoms with Crippen molar-refractivity contribution in [3.8, 4) is 0 Å². The van der Waals surface area contributed by atoms with Gasteiger partial charge >= 0.3 is 0 Å². The van der Waals surface area contributed by atoms with Crippen LogP contribution < -0.4 is 11.1 Å². The summed E-state index contributed by atoms with van der Waals surface area (Å²) in [6, 6.07) is 2.86. The van der Waals surface area contributed by atoms with Crippen molar-refractivity contribution in [3.63, 3.8) is 0 Å². The van der Waals surface area contributed by atoms with Crippen LogP contribution in [-0.4, -0.2) is 17.3 Å². The van der Waals surface area contributed by atoms with E-state index in [0.29, 0.717) is 15.8 Å². The summed E-state index contributed by atoms with van der Waals surface area (Å²) < 4.78 is 13.8. The Bertz CT molecular complexity index is 414. The molecule has 1 saturated carbocycles. The van der Waals surface area contributed by atoms with Gasteiger partial charge < -0.3 is 16.2 Å². The first-order chi connectivity index (χ1) is 8.08. The van der Waals surface area contributed by atoms with E-state index in [0.717, 1.165) is 25.7 Å². The van der Waals surface area contributed by atoms with Crippen molar-refractivity contribution in [3.05, 3.63) is 22.4 Å². The number of anilines is 2. The van der Waals surface area contributed by atoms with Gasteiger partial charge in [0.15, 0.2) is 0 Å². The lowest BCUT2D eigenvalue weighted by Crippen LogP contribution is -2.36. The van der Waals surface area contributed by atoms with Crippen molar-refractivity contribution in [2.24, 2.45) is 0 Å². The van der Waals surface area contributed by atoms with E-state index in [-0.39, 0.29) is 18.0 Å². The molecule has 1 aromatic rings. The van der Waals surface area contributed by atoms with Crippen molar-refractivity contribution < 1.29 is 9.50 Å². The van der Waals surface area contributed by atoms with Crippen LogP contribution in [0.2, 0.25) is 0 Å². The summed E-state index contributed by atoms with van der Waals surface area (Å²) >= 11 is 3.09. The topological polar surface area (TPSA) is 58.3 Å². The minimum Gasteiger partial charge on any atom is -0.397 e. The fourth-order valence-electron chi connectivity index (χ4n) is 2.17. The maximum Gasteiger partial charge on any atom is 0.139 e. The number of halogens is 2. The number of nitrogens with one attached hydrogen (secondary N) is 1. The average molecular weight is 303 g/mol. The lowest BCUT2D eigenvalue weighted by molar-refractivity contribution is 0.116. The maximum atomic E-state index is 13.4. The Kier molecular flexibility index (Phi) is 3.89. The first kappa shape index (κ1) is 12.6. The highest BCUT2D eigenvalue weighted by molar-refractivity contribution is 9.10. The van der Waals surface area contributed by atoms with Crippen molar-refractivity contribution in [2.75, 3.05) is 11.1 Å². The molecule has 0 aliphatic heterocycles. The molecule has 0 amide bonds. The largest absolute Gasteiger partial charge is 0.397 e. The van der Waals surface area contributed by atoms with E-state index in [4.69, 9.17) is 5.73 Å². The Labute approximate surface area is 108 Å². The average Bonchev–Trinajstić information content (AvgIpc) is 2.29. The van der Waals surface area contributed by atoms with Gasteiger partial charge in [-0.3, -0.25) is 0 Å². The van der Waals surface area contributed by atoms with Gasteiger partial charge in [-0.1, -0.05) is 12.8 Å². The predicted octanol–water partition coefficient (Wildman–Crippen LogP) is 2.89. The number of nitrogens with two attached hydrogens (primary N) is 1. The van der Waals surface area contributed by atoms with Crippen molar-refractivity contribution in [2.45, 2.75) is 37.8 Å². The molecular weight excluding hydrogens is 287 g/mol. The van der Waals surface area contributed by atoms with E-state index in [9.17, 15) is 9.50 Å². The third-order valence-electron chi connectivity index (χ3n) is 3.16. The zero-order chi connectivity index (χ0) is 12.4. The molecule has 17 heavy (non-hydrogen) atoms. The number of rotatable bonds is 2. The second-order valence-corrected chi connectivity index (χ2v) is 5.31. The Balaban J connectivity index is 2.15. The Morgan fingerprint density at radius 3 is 2.76 bits per heavy atom. The van der Waals surface area contributed by atoms with Crippen LogP contribution >= 0.6 is 15.9 Å². The molecule has 0 bridgehead atoms. The minimum atomic E-state index is -0.380. The van der Waals surface area contributed by atoms with Crippen molar-refractivity contribution >= 4 is 27.3 Å². The highest BCUT2D eigenvalue weighted by Crippen LogP contribution is 2.29. The molecule has 1 aliphatic rings. The summed E-state index contributed by atoms with van der Waals surface area (Å²) in [5.74, 6) is -0.355. The smallest absolute Gasteiger partial charge is 0.139 e. The van der Waals surface area contributed by atoms with Gasteiger partial charge in [0.1, 0.15) is 5.82 Å². The lowest BCUT2D eigenvalue weighted by atomic mass is 9.92. The van der Waals surface area contributed by atoms with E-state index in [1.165, 1.54) is 12.1 Å². The third kappa shape index (κ3) is 2.90. The molecule has 0 aromatic heterocycles. The number of nitrogen functional groups attached to an aromatic ring is 1. The Hall–Kier alpha value is -0.810. The quantitative estimate of drug-likeness (QED) is 0.736. The monoisotopic (exact) mass is 302 g/mol. The van der Waals surface area contributed by atoms with Gasteiger partial charge in [-0.05, 0) is 34.8 Å². The van der Waals surface area contributed by atoms with Gasteiger partial charge in [-0.15, -0.1) is 0 Å². The van der Waals surface area contributed by atoms with Crippen LogP contribution in [0.1, 0.15) is 25.7 Å². The third-order valence-corrected chi connectivity index (χ3v) is 3.77. The van der Waals surface area contributed by atoms with Crippen LogP contribution in [0.15, 0.2) is 16.6 Å². The molecule has 0 heterocycles. The number of aliphatic hydroxyl groups is 1. The highest BCUT2D eigenvalue weighted by Gasteiger charge is 2.23. The number of benzene rings is 1. The standard InChI is InChI=1S/C12H16BrFN2O/c13-7-5-9(15)11(6-8(7)14)16-10-3-1-2-4-12(10)17/h5-6,10,12,16-17H,1-4,15H2. The number of aliphatic hydroxyl groups excluding tert-OH is 1. The van der Waals surface area contributed by atoms with Crippen LogP contribution in [0, 0.1) is 5.82 Å². The zero-order valence-corrected chi connectivity index (χ0v) is 11.0. The molecule has 2 atom stereocenters. The lowest BCUT2D eigenvalue weighted by Gasteiger charge is -2.29. The number of hydrogen-bond acceptors (Lipinski definition) is 3. The summed E-state index contributed by atoms with van der Waals surface area (Å²) in [5.41, 5.74) is 6.85. The molecule has 0 radical (unpaired) electrons. The summed E-state index contributed by atoms with van der Waals surface area (Å²) in [7, 11) is 0. The molecule has 1 aliphatic carbocycles. The highest BCUT2D eigenvalue weighted by atomic mass is 79.9. The molecule has 2 unspecified atom stereocenters. The second-order valence-electron chi connectivity index (χ2n) is 4.46. The molecule has 1 fully saturated rings. The van der Waals surface area contributed by atoms with E-state index in [2.05, 4.69) is 21.2 Å². The summed E-state index contributed by atoms with van der Waals surface area (Å²) in [6.07, 6.45) is 3.42. The van der Waals surface area contributed by atoms with Crippen LogP contribution in [0.5, 0.6) is 0 Å². The maximum absolute atomic E-state index is 13.4. The van der Waals surface area contributed by atoms with E-state index >= 15 is 0 Å². The van der Waals surface area contributed by atoms with Gasteiger partial charge in [0, 0.05) is 6.07 Å². The SMILES string of the molecule is Nc1cc(Br)c(F)cc1NC1CCCCC1O. The van der Waals surface area contributed by atoms with E-state index in [1.807, 2.05) is 0 Å². The van der Waals surface area contributed by atoms with Crippen molar-refractivity contribution in [1.82, 2.24) is 0 Å². The minimum absolute atomic E-state index is 0.0355. The number of hydrogen-bond donors (Lipinski definition) is 3. The molecule has 0 spiro atoms. The van der Waals surface area contributed by atoms with Crippen LogP contribution in [-0.2, 0) is 0 Å². The summed E-state index contributed by atoms with van der Waals surface area (Å²) in [5, 5.41) is 13.0. The molecule has 94 valence electrons. The first-order valence-electron chi connectivity index (χ1n) is 5.77. The van der Waals surface area contributed by atoms with E-state index in [1.54, 1.807) is 0 Å². The van der Waals surface area contributed by atoms with Crippen LogP contribution in [0.25, 0.3) is 0 Å². The zero-order valence-electron chi connectivity index (χ0n) is 9.42. The molecule has 0 saturated heterocycles. The van der Waals surface area contributed by atoms with Gasteiger partial charge in [0.2, 0.25) is 0 Å². The summed E-state index contributed by atoms with van der Waals surface area (Å²) in [4.78, 5) is 0. The first-order valence-corrected chi connectivity index (χ1v) is 6.56. The van der Waals surface area contributed by atoms with E-state index < -0.39 is 0 Å². The Morgan fingerprint density at radius 2 is 2.06 bits per heavy atom. The Morgan fingerprint density at radius 1 is 1.35 bits per heavy atom. The fourth-order valence-corrected chi connectivity index (χ4v) is 2.53. The molecule has 4 N–H and O–H groups in total. The fraction of sp³-hybridized carbons (Fsp3) is 0.500. The van der Waals surface area contributed by atoms with Gasteiger partial charge in [-0.2, -0.15) is 0 Å². The van der Waals surface area contributed by atoms with Crippen molar-refractivity contribution in [1.29, 1.82) is 0 Å². The molecule has 1 aromatic carbocycles. The van der Waals surface area contributed by atoms with Crippen LogP contribution in [0.4, 0.5) is 15.8 Å². The summed E-state index contributed by atoms with van der Waals surface area (Å²) in [6.45, 7) is 0. The molecule has 3 nitrogen and oxygen atoms in total. The van der Waals surface area contributed by atoms with Crippen LogP contribution in [0.3, 0.4) is 0 Å². The van der Waals surface area contributed by atoms with Gasteiger partial charge in [0.05, 0.1) is 28.0 Å².